The van der Waals surface area contributed by atoms with Crippen molar-refractivity contribution in [1.82, 2.24) is 4.90 Å². The summed E-state index contributed by atoms with van der Waals surface area (Å²) in [4.78, 5) is 13.7. The summed E-state index contributed by atoms with van der Waals surface area (Å²) in [6.07, 6.45) is 0.327. The molecule has 102 valence electrons. The van der Waals surface area contributed by atoms with Crippen LogP contribution in [0.15, 0.2) is 0 Å². The number of amides is 1. The van der Waals surface area contributed by atoms with Crippen molar-refractivity contribution in [2.75, 3.05) is 13.1 Å². The fourth-order valence-electron chi connectivity index (χ4n) is 1.47. The van der Waals surface area contributed by atoms with E-state index >= 15 is 0 Å². The van der Waals surface area contributed by atoms with Gasteiger partial charge in [-0.15, -0.1) is 0 Å². The third kappa shape index (κ3) is 6.64. The second-order valence-electron chi connectivity index (χ2n) is 6.40. The van der Waals surface area contributed by atoms with E-state index in [2.05, 4.69) is 0 Å². The van der Waals surface area contributed by atoms with Crippen LogP contribution in [0.4, 0.5) is 0 Å². The van der Waals surface area contributed by atoms with Crippen LogP contribution >= 0.6 is 0 Å². The van der Waals surface area contributed by atoms with E-state index < -0.39 is 5.60 Å². The summed E-state index contributed by atoms with van der Waals surface area (Å²) in [5.74, 6) is 0.0112. The molecule has 1 atom stereocenters. The highest BCUT2D eigenvalue weighted by atomic mass is 16.3. The molecule has 0 saturated carbocycles. The van der Waals surface area contributed by atoms with Gasteiger partial charge in [-0.3, -0.25) is 4.79 Å². The third-order valence-corrected chi connectivity index (χ3v) is 2.82. The maximum absolute atomic E-state index is 12.0. The minimum Gasteiger partial charge on any atom is -0.389 e. The molecule has 0 aliphatic rings. The molecule has 0 bridgehead atoms. The molecule has 4 heteroatoms. The highest BCUT2D eigenvalue weighted by Crippen LogP contribution is 2.20. The van der Waals surface area contributed by atoms with Crippen molar-refractivity contribution in [3.05, 3.63) is 0 Å². The first-order chi connectivity index (χ1) is 7.47. The molecular formula is C13H28N2O2. The normalized spacial score (nSPS) is 14.6. The second kappa shape index (κ2) is 5.83. The lowest BCUT2D eigenvalue weighted by molar-refractivity contribution is -0.134. The van der Waals surface area contributed by atoms with E-state index in [-0.39, 0.29) is 17.4 Å². The van der Waals surface area contributed by atoms with Crippen LogP contribution in [-0.4, -0.2) is 40.6 Å². The molecule has 3 N–H and O–H groups in total. The van der Waals surface area contributed by atoms with Crippen LogP contribution in [0.25, 0.3) is 0 Å². The number of carbonyl (C=O) groups is 1. The highest BCUT2D eigenvalue weighted by molar-refractivity contribution is 5.77. The molecule has 0 saturated heterocycles. The SMILES string of the molecule is CCN(CC(C)(C)O)C(=O)CC(N)C(C)(C)C. The first-order valence-electron chi connectivity index (χ1n) is 6.23. The van der Waals surface area contributed by atoms with Crippen molar-refractivity contribution in [2.24, 2.45) is 11.1 Å². The lowest BCUT2D eigenvalue weighted by atomic mass is 9.85. The molecule has 0 aliphatic carbocycles. The molecule has 0 aromatic rings. The van der Waals surface area contributed by atoms with Crippen molar-refractivity contribution >= 4 is 5.91 Å². The Morgan fingerprint density at radius 3 is 2.06 bits per heavy atom. The van der Waals surface area contributed by atoms with Gasteiger partial charge in [0.1, 0.15) is 0 Å². The average molecular weight is 244 g/mol. The Morgan fingerprint density at radius 1 is 1.29 bits per heavy atom. The highest BCUT2D eigenvalue weighted by Gasteiger charge is 2.27. The molecule has 0 aliphatic heterocycles. The van der Waals surface area contributed by atoms with Gasteiger partial charge in [0, 0.05) is 25.6 Å². The van der Waals surface area contributed by atoms with Crippen molar-refractivity contribution in [3.63, 3.8) is 0 Å². The van der Waals surface area contributed by atoms with E-state index in [0.717, 1.165) is 0 Å². The average Bonchev–Trinajstić information content (AvgIpc) is 2.10. The molecule has 4 nitrogen and oxygen atoms in total. The van der Waals surface area contributed by atoms with Crippen molar-refractivity contribution in [2.45, 2.75) is 59.6 Å². The van der Waals surface area contributed by atoms with E-state index in [1.165, 1.54) is 0 Å². The van der Waals surface area contributed by atoms with Crippen LogP contribution in [0.1, 0.15) is 48.0 Å². The fourth-order valence-corrected chi connectivity index (χ4v) is 1.47. The van der Waals surface area contributed by atoms with Crippen LogP contribution in [0, 0.1) is 5.41 Å². The third-order valence-electron chi connectivity index (χ3n) is 2.82. The summed E-state index contributed by atoms with van der Waals surface area (Å²) in [5, 5.41) is 9.74. The molecular weight excluding hydrogens is 216 g/mol. The Hall–Kier alpha value is -0.610. The predicted octanol–water partition coefficient (Wildman–Crippen LogP) is 1.37. The Morgan fingerprint density at radius 2 is 1.76 bits per heavy atom. The molecule has 0 aromatic carbocycles. The van der Waals surface area contributed by atoms with Gasteiger partial charge >= 0.3 is 0 Å². The summed E-state index contributed by atoms with van der Waals surface area (Å²) in [6, 6.07) is -0.161. The van der Waals surface area contributed by atoms with E-state index in [1.807, 2.05) is 27.7 Å². The van der Waals surface area contributed by atoms with Gasteiger partial charge in [0.15, 0.2) is 0 Å². The quantitative estimate of drug-likeness (QED) is 0.767. The lowest BCUT2D eigenvalue weighted by Crippen LogP contribution is -2.46. The van der Waals surface area contributed by atoms with Gasteiger partial charge in [-0.1, -0.05) is 20.8 Å². The zero-order chi connectivity index (χ0) is 13.9. The van der Waals surface area contributed by atoms with Crippen LogP contribution in [0.5, 0.6) is 0 Å². The standard InChI is InChI=1S/C13H28N2O2/c1-7-15(9-13(5,6)17)11(16)8-10(14)12(2,3)4/h10,17H,7-9,14H2,1-6H3. The molecule has 0 radical (unpaired) electrons. The van der Waals surface area contributed by atoms with E-state index in [9.17, 15) is 9.90 Å². The molecule has 0 spiro atoms. The van der Waals surface area contributed by atoms with Crippen molar-refractivity contribution in [1.29, 1.82) is 0 Å². The van der Waals surface area contributed by atoms with Gasteiger partial charge in [-0.05, 0) is 26.2 Å². The number of nitrogens with zero attached hydrogens (tertiary/aromatic N) is 1. The zero-order valence-electron chi connectivity index (χ0n) is 12.1. The number of nitrogens with two attached hydrogens (primary N) is 1. The van der Waals surface area contributed by atoms with Crippen LogP contribution in [0.3, 0.4) is 0 Å². The maximum atomic E-state index is 12.0. The number of hydrogen-bond acceptors (Lipinski definition) is 3. The maximum Gasteiger partial charge on any atom is 0.224 e. The molecule has 0 fully saturated rings. The second-order valence-corrected chi connectivity index (χ2v) is 6.40. The fraction of sp³-hybridized carbons (Fsp3) is 0.923. The largest absolute Gasteiger partial charge is 0.389 e. The van der Waals surface area contributed by atoms with Crippen molar-refractivity contribution in [3.8, 4) is 0 Å². The van der Waals surface area contributed by atoms with Gasteiger partial charge in [0.25, 0.3) is 0 Å². The number of aliphatic hydroxyl groups is 1. The van der Waals surface area contributed by atoms with Gasteiger partial charge < -0.3 is 15.7 Å². The van der Waals surface area contributed by atoms with E-state index in [1.54, 1.807) is 18.7 Å². The number of rotatable bonds is 5. The molecule has 0 aromatic heterocycles. The van der Waals surface area contributed by atoms with E-state index in [0.29, 0.717) is 19.5 Å². The minimum absolute atomic E-state index is 0.0112. The summed E-state index contributed by atoms with van der Waals surface area (Å²) < 4.78 is 0. The van der Waals surface area contributed by atoms with Crippen molar-refractivity contribution < 1.29 is 9.90 Å². The lowest BCUT2D eigenvalue weighted by Gasteiger charge is -2.32. The Balaban J connectivity index is 4.47. The minimum atomic E-state index is -0.864. The summed E-state index contributed by atoms with van der Waals surface area (Å²) in [6.45, 7) is 12.3. The monoisotopic (exact) mass is 244 g/mol. The van der Waals surface area contributed by atoms with E-state index in [4.69, 9.17) is 5.73 Å². The molecule has 1 unspecified atom stereocenters. The zero-order valence-corrected chi connectivity index (χ0v) is 12.1. The summed E-state index contributed by atoms with van der Waals surface area (Å²) in [5.41, 5.74) is 5.05. The summed E-state index contributed by atoms with van der Waals surface area (Å²) in [7, 11) is 0. The molecule has 0 rings (SSSR count). The van der Waals surface area contributed by atoms with Crippen LogP contribution < -0.4 is 5.73 Å². The van der Waals surface area contributed by atoms with Gasteiger partial charge in [0.2, 0.25) is 5.91 Å². The first kappa shape index (κ1) is 16.4. The number of carbonyl (C=O) groups excluding carboxylic acids is 1. The topological polar surface area (TPSA) is 66.6 Å². The summed E-state index contributed by atoms with van der Waals surface area (Å²) >= 11 is 0. The van der Waals surface area contributed by atoms with Crippen LogP contribution in [0.2, 0.25) is 0 Å². The first-order valence-corrected chi connectivity index (χ1v) is 6.23. The van der Waals surface area contributed by atoms with Gasteiger partial charge in [-0.2, -0.15) is 0 Å². The smallest absolute Gasteiger partial charge is 0.224 e. The van der Waals surface area contributed by atoms with Gasteiger partial charge in [-0.25, -0.2) is 0 Å². The Labute approximate surface area is 105 Å². The molecule has 1 amide bonds. The Kier molecular flexibility index (Phi) is 5.62. The Bertz CT molecular complexity index is 251. The predicted molar refractivity (Wildman–Crippen MR) is 70.6 cm³/mol. The molecule has 17 heavy (non-hydrogen) atoms. The van der Waals surface area contributed by atoms with Gasteiger partial charge in [0.05, 0.1) is 5.60 Å². The van der Waals surface area contributed by atoms with Crippen LogP contribution in [-0.2, 0) is 4.79 Å². The number of likely N-dealkylation sites (N-methyl/N-ethyl adjacent to an activating group) is 1. The molecule has 0 heterocycles. The number of hydrogen-bond donors (Lipinski definition) is 2.